The number of nitro groups is 1. The van der Waals surface area contributed by atoms with Crippen LogP contribution in [-0.4, -0.2) is 47.9 Å². The van der Waals surface area contributed by atoms with Gasteiger partial charge in [0.1, 0.15) is 5.70 Å². The molecule has 1 fully saturated rings. The van der Waals surface area contributed by atoms with E-state index in [4.69, 9.17) is 4.74 Å². The summed E-state index contributed by atoms with van der Waals surface area (Å²) in [6, 6.07) is 14.7. The lowest BCUT2D eigenvalue weighted by molar-refractivity contribution is -0.384. The number of carbonyl (C=O) groups is 2. The Morgan fingerprint density at radius 2 is 1.70 bits per heavy atom. The van der Waals surface area contributed by atoms with Crippen LogP contribution in [0.25, 0.3) is 6.08 Å². The van der Waals surface area contributed by atoms with E-state index in [1.165, 1.54) is 24.3 Å². The number of nitro benzene ring substituents is 1. The maximum absolute atomic E-state index is 12.9. The molecule has 0 atom stereocenters. The van der Waals surface area contributed by atoms with E-state index < -0.39 is 10.8 Å². The first-order valence-electron chi connectivity index (χ1n) is 9.41. The van der Waals surface area contributed by atoms with E-state index in [9.17, 15) is 19.7 Å². The third-order valence-electron chi connectivity index (χ3n) is 4.47. The number of morpholine rings is 1. The van der Waals surface area contributed by atoms with Crippen molar-refractivity contribution in [2.75, 3.05) is 26.3 Å². The van der Waals surface area contributed by atoms with Gasteiger partial charge in [-0.3, -0.25) is 19.7 Å². The summed E-state index contributed by atoms with van der Waals surface area (Å²) in [6.07, 6.45) is 5.07. The van der Waals surface area contributed by atoms with Crippen LogP contribution >= 0.6 is 0 Å². The summed E-state index contributed by atoms with van der Waals surface area (Å²) in [6.45, 7) is 1.75. The molecular formula is C22H21N3O5. The number of benzene rings is 2. The zero-order valence-electron chi connectivity index (χ0n) is 16.2. The molecule has 0 unspecified atom stereocenters. The van der Waals surface area contributed by atoms with Crippen molar-refractivity contribution < 1.29 is 19.2 Å². The molecule has 1 N–H and O–H groups in total. The van der Waals surface area contributed by atoms with Crippen LogP contribution in [0.5, 0.6) is 0 Å². The highest BCUT2D eigenvalue weighted by atomic mass is 16.6. The van der Waals surface area contributed by atoms with Crippen LogP contribution in [0, 0.1) is 10.1 Å². The first kappa shape index (κ1) is 20.9. The predicted molar refractivity (Wildman–Crippen MR) is 112 cm³/mol. The highest BCUT2D eigenvalue weighted by Crippen LogP contribution is 2.13. The molecule has 0 aliphatic carbocycles. The van der Waals surface area contributed by atoms with Crippen LogP contribution in [-0.2, 0) is 9.53 Å². The average Bonchev–Trinajstić information content (AvgIpc) is 2.79. The van der Waals surface area contributed by atoms with Gasteiger partial charge in [-0.2, -0.15) is 0 Å². The first-order chi connectivity index (χ1) is 14.5. The largest absolute Gasteiger partial charge is 0.378 e. The molecule has 8 nitrogen and oxygen atoms in total. The molecule has 8 heteroatoms. The van der Waals surface area contributed by atoms with Gasteiger partial charge in [0, 0.05) is 30.8 Å². The zero-order valence-corrected chi connectivity index (χ0v) is 16.2. The lowest BCUT2D eigenvalue weighted by Crippen LogP contribution is -2.44. The maximum Gasteiger partial charge on any atom is 0.270 e. The lowest BCUT2D eigenvalue weighted by Gasteiger charge is -2.27. The first-order valence-corrected chi connectivity index (χ1v) is 9.41. The van der Waals surface area contributed by atoms with Gasteiger partial charge in [0.15, 0.2) is 0 Å². The third-order valence-corrected chi connectivity index (χ3v) is 4.47. The fraction of sp³-hybridized carbons (Fsp3) is 0.182. The summed E-state index contributed by atoms with van der Waals surface area (Å²) >= 11 is 0. The Hall–Kier alpha value is -3.78. The molecule has 1 heterocycles. The number of hydrogen-bond acceptors (Lipinski definition) is 5. The van der Waals surface area contributed by atoms with Gasteiger partial charge in [-0.25, -0.2) is 0 Å². The van der Waals surface area contributed by atoms with Crippen molar-refractivity contribution in [2.24, 2.45) is 0 Å². The van der Waals surface area contributed by atoms with Gasteiger partial charge in [-0.1, -0.05) is 42.5 Å². The third kappa shape index (κ3) is 5.62. The molecule has 154 valence electrons. The van der Waals surface area contributed by atoms with Crippen molar-refractivity contribution in [3.63, 3.8) is 0 Å². The van der Waals surface area contributed by atoms with Crippen molar-refractivity contribution in [3.8, 4) is 0 Å². The molecule has 0 bridgehead atoms. The van der Waals surface area contributed by atoms with E-state index in [-0.39, 0.29) is 22.9 Å². The Morgan fingerprint density at radius 1 is 1.03 bits per heavy atom. The van der Waals surface area contributed by atoms with Crippen LogP contribution in [0.15, 0.2) is 72.4 Å². The van der Waals surface area contributed by atoms with Crippen LogP contribution in [0.3, 0.4) is 0 Å². The van der Waals surface area contributed by atoms with E-state index >= 15 is 0 Å². The number of amides is 2. The van der Waals surface area contributed by atoms with Gasteiger partial charge in [-0.15, -0.1) is 0 Å². The van der Waals surface area contributed by atoms with Gasteiger partial charge < -0.3 is 15.0 Å². The number of nitrogens with zero attached hydrogens (tertiary/aromatic N) is 2. The molecule has 0 aromatic heterocycles. The molecule has 2 aromatic carbocycles. The van der Waals surface area contributed by atoms with Gasteiger partial charge in [0.2, 0.25) is 0 Å². The standard InChI is InChI=1S/C22H21N3O5/c26-21(18-9-11-19(12-10-18)25(28)29)23-20(22(27)24-13-15-30-16-14-24)8-4-7-17-5-2-1-3-6-17/h1-12H,13-16H2,(H,23,26). The number of ether oxygens (including phenoxy) is 1. The number of allylic oxidation sites excluding steroid dienone is 2. The molecule has 2 aromatic rings. The zero-order chi connectivity index (χ0) is 21.3. The number of nitrogens with one attached hydrogen (secondary N) is 1. The van der Waals surface area contributed by atoms with E-state index in [0.29, 0.717) is 26.3 Å². The van der Waals surface area contributed by atoms with E-state index in [1.807, 2.05) is 36.4 Å². The molecule has 0 saturated carbocycles. The quantitative estimate of drug-likeness (QED) is 0.343. The fourth-order valence-electron chi connectivity index (χ4n) is 2.85. The highest BCUT2D eigenvalue weighted by Gasteiger charge is 2.22. The second-order valence-electron chi connectivity index (χ2n) is 6.51. The molecular weight excluding hydrogens is 386 g/mol. The van der Waals surface area contributed by atoms with Crippen molar-refractivity contribution in [1.29, 1.82) is 0 Å². The number of hydrogen-bond donors (Lipinski definition) is 1. The molecule has 0 radical (unpaired) electrons. The fourth-order valence-corrected chi connectivity index (χ4v) is 2.85. The second-order valence-corrected chi connectivity index (χ2v) is 6.51. The molecule has 1 saturated heterocycles. The van der Waals surface area contributed by atoms with E-state index in [0.717, 1.165) is 5.56 Å². The normalized spacial score (nSPS) is 14.5. The van der Waals surface area contributed by atoms with Gasteiger partial charge in [0.25, 0.3) is 17.5 Å². The summed E-state index contributed by atoms with van der Waals surface area (Å²) in [5.41, 5.74) is 1.17. The van der Waals surface area contributed by atoms with Gasteiger partial charge >= 0.3 is 0 Å². The van der Waals surface area contributed by atoms with Crippen molar-refractivity contribution in [2.45, 2.75) is 0 Å². The monoisotopic (exact) mass is 407 g/mol. The van der Waals surface area contributed by atoms with E-state index in [2.05, 4.69) is 5.32 Å². The molecule has 1 aliphatic heterocycles. The topological polar surface area (TPSA) is 102 Å². The lowest BCUT2D eigenvalue weighted by atomic mass is 10.1. The molecule has 2 amide bonds. The minimum absolute atomic E-state index is 0.113. The van der Waals surface area contributed by atoms with Crippen molar-refractivity contribution in [1.82, 2.24) is 10.2 Å². The Labute approximate surface area is 173 Å². The summed E-state index contributed by atoms with van der Waals surface area (Å²) in [7, 11) is 0. The van der Waals surface area contributed by atoms with Crippen LogP contribution in [0.1, 0.15) is 15.9 Å². The summed E-state index contributed by atoms with van der Waals surface area (Å²) in [5.74, 6) is -0.836. The minimum Gasteiger partial charge on any atom is -0.378 e. The highest BCUT2D eigenvalue weighted by molar-refractivity contribution is 6.03. The Balaban J connectivity index is 1.79. The maximum atomic E-state index is 12.9. The van der Waals surface area contributed by atoms with Gasteiger partial charge in [0.05, 0.1) is 18.1 Å². The average molecular weight is 407 g/mol. The van der Waals surface area contributed by atoms with Crippen molar-refractivity contribution in [3.05, 3.63) is 93.7 Å². The number of rotatable bonds is 6. The van der Waals surface area contributed by atoms with Crippen LogP contribution < -0.4 is 5.32 Å². The molecule has 3 rings (SSSR count). The second kappa shape index (κ2) is 10.1. The summed E-state index contributed by atoms with van der Waals surface area (Å²) < 4.78 is 5.28. The van der Waals surface area contributed by atoms with Crippen molar-refractivity contribution >= 4 is 23.6 Å². The summed E-state index contributed by atoms with van der Waals surface area (Å²) in [4.78, 5) is 37.4. The molecule has 1 aliphatic rings. The molecule has 0 spiro atoms. The predicted octanol–water partition coefficient (Wildman–Crippen LogP) is 2.78. The SMILES string of the molecule is O=C(NC(=CC=Cc1ccccc1)C(=O)N1CCOCC1)c1ccc([N+](=O)[O-])cc1. The number of non-ortho nitro benzene ring substituents is 1. The summed E-state index contributed by atoms with van der Waals surface area (Å²) in [5, 5.41) is 13.4. The number of carbonyl (C=O) groups excluding carboxylic acids is 2. The Bertz CT molecular complexity index is 962. The minimum atomic E-state index is -0.538. The van der Waals surface area contributed by atoms with E-state index in [1.54, 1.807) is 17.1 Å². The van der Waals surface area contributed by atoms with Crippen LogP contribution in [0.2, 0.25) is 0 Å². The molecule has 30 heavy (non-hydrogen) atoms. The van der Waals surface area contributed by atoms with Crippen LogP contribution in [0.4, 0.5) is 5.69 Å². The Kier molecular flexibility index (Phi) is 7.07. The smallest absolute Gasteiger partial charge is 0.270 e. The Morgan fingerprint density at radius 3 is 2.33 bits per heavy atom. The van der Waals surface area contributed by atoms with Gasteiger partial charge in [-0.05, 0) is 23.8 Å².